The molecule has 0 radical (unpaired) electrons. The highest BCUT2D eigenvalue weighted by Gasteiger charge is 2.29. The molecule has 0 spiro atoms. The predicted molar refractivity (Wildman–Crippen MR) is 67.8 cm³/mol. The first-order valence-electron chi connectivity index (χ1n) is 6.98. The van der Waals surface area contributed by atoms with Crippen molar-refractivity contribution in [1.82, 2.24) is 5.32 Å². The van der Waals surface area contributed by atoms with E-state index in [0.717, 1.165) is 25.8 Å². The Balaban J connectivity index is 1.68. The molecule has 3 heteroatoms. The van der Waals surface area contributed by atoms with E-state index in [0.29, 0.717) is 17.9 Å². The molecule has 17 heavy (non-hydrogen) atoms. The van der Waals surface area contributed by atoms with Gasteiger partial charge in [0.25, 0.3) is 0 Å². The maximum atomic E-state index is 11.8. The molecule has 1 N–H and O–H groups in total. The normalized spacial score (nSPS) is 29.2. The Hall–Kier alpha value is -0.570. The summed E-state index contributed by atoms with van der Waals surface area (Å²) >= 11 is 0. The minimum absolute atomic E-state index is 0.00546. The van der Waals surface area contributed by atoms with Crippen molar-refractivity contribution in [3.8, 4) is 0 Å². The van der Waals surface area contributed by atoms with E-state index in [4.69, 9.17) is 4.74 Å². The summed E-state index contributed by atoms with van der Waals surface area (Å²) in [7, 11) is 0. The van der Waals surface area contributed by atoms with Gasteiger partial charge in [-0.25, -0.2) is 0 Å². The number of ether oxygens (including phenoxy) is 1. The van der Waals surface area contributed by atoms with Crippen molar-refractivity contribution in [2.24, 2.45) is 5.41 Å². The standard InChI is InChI=1S/C14H25NO2/c1-14(2)7-5-12(6-8-14)17-13(16)10-11-4-3-9-15-11/h11-12,15H,3-10H2,1-2H3. The van der Waals surface area contributed by atoms with Gasteiger partial charge in [0.2, 0.25) is 0 Å². The van der Waals surface area contributed by atoms with Gasteiger partial charge >= 0.3 is 5.97 Å². The number of esters is 1. The lowest BCUT2D eigenvalue weighted by Gasteiger charge is -2.34. The zero-order valence-corrected chi connectivity index (χ0v) is 11.1. The van der Waals surface area contributed by atoms with Crippen LogP contribution in [0.3, 0.4) is 0 Å². The Kier molecular flexibility index (Phi) is 4.08. The highest BCUT2D eigenvalue weighted by Crippen LogP contribution is 2.36. The first-order chi connectivity index (χ1) is 8.05. The first kappa shape index (κ1) is 12.9. The molecular weight excluding hydrogens is 214 g/mol. The van der Waals surface area contributed by atoms with Crippen LogP contribution in [-0.2, 0) is 9.53 Å². The van der Waals surface area contributed by atoms with Gasteiger partial charge in [-0.1, -0.05) is 13.8 Å². The van der Waals surface area contributed by atoms with Crippen molar-refractivity contribution >= 4 is 5.97 Å². The maximum absolute atomic E-state index is 11.8. The molecule has 1 atom stereocenters. The summed E-state index contributed by atoms with van der Waals surface area (Å²) in [5.74, 6) is -0.00546. The lowest BCUT2D eigenvalue weighted by Crippen LogP contribution is -2.31. The molecule has 0 aromatic rings. The molecule has 0 bridgehead atoms. The van der Waals surface area contributed by atoms with Gasteiger partial charge in [-0.2, -0.15) is 0 Å². The lowest BCUT2D eigenvalue weighted by molar-refractivity contribution is -0.152. The predicted octanol–water partition coefficient (Wildman–Crippen LogP) is 2.64. The zero-order chi connectivity index (χ0) is 12.3. The van der Waals surface area contributed by atoms with Crippen LogP contribution >= 0.6 is 0 Å². The molecule has 0 aromatic heterocycles. The number of hydrogen-bond donors (Lipinski definition) is 1. The Labute approximate surface area is 104 Å². The Morgan fingerprint density at radius 2 is 2.00 bits per heavy atom. The molecule has 98 valence electrons. The van der Waals surface area contributed by atoms with Gasteiger partial charge in [0.05, 0.1) is 6.42 Å². The SMILES string of the molecule is CC1(C)CCC(OC(=O)CC2CCCN2)CC1. The van der Waals surface area contributed by atoms with Crippen LogP contribution in [0.25, 0.3) is 0 Å². The van der Waals surface area contributed by atoms with E-state index in [-0.39, 0.29) is 12.1 Å². The fraction of sp³-hybridized carbons (Fsp3) is 0.929. The van der Waals surface area contributed by atoms with Crippen molar-refractivity contribution in [3.05, 3.63) is 0 Å². The fourth-order valence-corrected chi connectivity index (χ4v) is 2.86. The quantitative estimate of drug-likeness (QED) is 0.769. The molecule has 2 fully saturated rings. The van der Waals surface area contributed by atoms with Gasteiger partial charge < -0.3 is 10.1 Å². The largest absolute Gasteiger partial charge is 0.462 e. The topological polar surface area (TPSA) is 38.3 Å². The van der Waals surface area contributed by atoms with Crippen LogP contribution in [-0.4, -0.2) is 24.7 Å². The van der Waals surface area contributed by atoms with E-state index in [1.54, 1.807) is 0 Å². The van der Waals surface area contributed by atoms with Crippen LogP contribution in [0, 0.1) is 5.41 Å². The number of carbonyl (C=O) groups is 1. The molecule has 1 heterocycles. The number of rotatable bonds is 3. The molecule has 1 aliphatic heterocycles. The Morgan fingerprint density at radius 1 is 1.29 bits per heavy atom. The maximum Gasteiger partial charge on any atom is 0.307 e. The molecular formula is C14H25NO2. The fourth-order valence-electron chi connectivity index (χ4n) is 2.86. The number of nitrogens with one attached hydrogen (secondary N) is 1. The summed E-state index contributed by atoms with van der Waals surface area (Å²) < 4.78 is 5.57. The second-order valence-corrected chi connectivity index (χ2v) is 6.35. The Bertz CT molecular complexity index is 259. The van der Waals surface area contributed by atoms with Gasteiger partial charge in [0.1, 0.15) is 6.10 Å². The summed E-state index contributed by atoms with van der Waals surface area (Å²) in [5.41, 5.74) is 0.440. The monoisotopic (exact) mass is 239 g/mol. The molecule has 3 nitrogen and oxygen atoms in total. The van der Waals surface area contributed by atoms with E-state index in [1.165, 1.54) is 19.3 Å². The zero-order valence-electron chi connectivity index (χ0n) is 11.1. The van der Waals surface area contributed by atoms with Crippen molar-refractivity contribution in [3.63, 3.8) is 0 Å². The third kappa shape index (κ3) is 3.98. The summed E-state index contributed by atoms with van der Waals surface area (Å²) in [6.45, 7) is 5.65. The van der Waals surface area contributed by atoms with E-state index in [2.05, 4.69) is 19.2 Å². The van der Waals surface area contributed by atoms with Gasteiger partial charge in [0.15, 0.2) is 0 Å². The third-order valence-corrected chi connectivity index (χ3v) is 4.16. The lowest BCUT2D eigenvalue weighted by atomic mass is 9.76. The van der Waals surface area contributed by atoms with Crippen molar-refractivity contribution in [2.75, 3.05) is 6.54 Å². The average molecular weight is 239 g/mol. The number of carbonyl (C=O) groups excluding carboxylic acids is 1. The van der Waals surface area contributed by atoms with E-state index in [9.17, 15) is 4.79 Å². The molecule has 0 aromatic carbocycles. The minimum atomic E-state index is -0.00546. The van der Waals surface area contributed by atoms with Crippen LogP contribution in [0.4, 0.5) is 0 Å². The third-order valence-electron chi connectivity index (χ3n) is 4.16. The molecule has 2 rings (SSSR count). The van der Waals surface area contributed by atoms with Crippen LogP contribution in [0.15, 0.2) is 0 Å². The van der Waals surface area contributed by atoms with Crippen LogP contribution < -0.4 is 5.32 Å². The minimum Gasteiger partial charge on any atom is -0.462 e. The molecule has 1 aliphatic carbocycles. The first-order valence-corrected chi connectivity index (χ1v) is 6.98. The van der Waals surface area contributed by atoms with Gasteiger partial charge in [-0.15, -0.1) is 0 Å². The van der Waals surface area contributed by atoms with Crippen LogP contribution in [0.1, 0.15) is 58.8 Å². The average Bonchev–Trinajstić information content (AvgIpc) is 2.74. The molecule has 1 unspecified atom stereocenters. The van der Waals surface area contributed by atoms with E-state index < -0.39 is 0 Å². The summed E-state index contributed by atoms with van der Waals surface area (Å²) in [5, 5.41) is 3.34. The summed E-state index contributed by atoms with van der Waals surface area (Å²) in [6.07, 6.45) is 7.46. The van der Waals surface area contributed by atoms with Crippen LogP contribution in [0.2, 0.25) is 0 Å². The smallest absolute Gasteiger partial charge is 0.307 e. The van der Waals surface area contributed by atoms with Crippen molar-refractivity contribution < 1.29 is 9.53 Å². The highest BCUT2D eigenvalue weighted by molar-refractivity contribution is 5.70. The van der Waals surface area contributed by atoms with Crippen LogP contribution in [0.5, 0.6) is 0 Å². The molecule has 0 amide bonds. The molecule has 2 aliphatic rings. The van der Waals surface area contributed by atoms with Gasteiger partial charge in [-0.05, 0) is 50.5 Å². The second kappa shape index (κ2) is 5.38. The van der Waals surface area contributed by atoms with E-state index >= 15 is 0 Å². The van der Waals surface area contributed by atoms with Crippen molar-refractivity contribution in [2.45, 2.75) is 70.9 Å². The summed E-state index contributed by atoms with van der Waals surface area (Å²) in [4.78, 5) is 11.8. The molecule has 1 saturated heterocycles. The highest BCUT2D eigenvalue weighted by atomic mass is 16.5. The molecule has 1 saturated carbocycles. The Morgan fingerprint density at radius 3 is 2.59 bits per heavy atom. The van der Waals surface area contributed by atoms with Crippen molar-refractivity contribution in [1.29, 1.82) is 0 Å². The van der Waals surface area contributed by atoms with Gasteiger partial charge in [0, 0.05) is 6.04 Å². The van der Waals surface area contributed by atoms with E-state index in [1.807, 2.05) is 0 Å². The summed E-state index contributed by atoms with van der Waals surface area (Å²) in [6, 6.07) is 0.363. The number of hydrogen-bond acceptors (Lipinski definition) is 3. The second-order valence-electron chi connectivity index (χ2n) is 6.35. The van der Waals surface area contributed by atoms with Gasteiger partial charge in [-0.3, -0.25) is 4.79 Å².